The van der Waals surface area contributed by atoms with Gasteiger partial charge in [-0.25, -0.2) is 0 Å². The lowest BCUT2D eigenvalue weighted by Crippen LogP contribution is -2.35. The molecule has 0 unspecified atom stereocenters. The molecule has 3 rings (SSSR count). The number of thiocarbonyl (C=S) groups is 1. The van der Waals surface area contributed by atoms with Crippen LogP contribution >= 0.6 is 24.0 Å². The fourth-order valence-corrected chi connectivity index (χ4v) is 3.35. The molecule has 0 aliphatic carbocycles. The lowest BCUT2D eigenvalue weighted by molar-refractivity contribution is -0.122. The van der Waals surface area contributed by atoms with Crippen LogP contribution in [0.4, 0.5) is 11.4 Å². The molecule has 0 bridgehead atoms. The average molecular weight is 351 g/mol. The Hall–Kier alpha value is -1.80. The molecule has 1 saturated heterocycles. The molecule has 0 spiro atoms. The van der Waals surface area contributed by atoms with E-state index in [9.17, 15) is 9.59 Å². The van der Waals surface area contributed by atoms with E-state index in [1.807, 2.05) is 6.26 Å². The van der Waals surface area contributed by atoms with Gasteiger partial charge in [-0.2, -0.15) is 11.8 Å². The summed E-state index contributed by atoms with van der Waals surface area (Å²) >= 11 is 6.98. The molecule has 2 aliphatic heterocycles. The van der Waals surface area contributed by atoms with Gasteiger partial charge in [-0.1, -0.05) is 0 Å². The van der Waals surface area contributed by atoms with Crippen LogP contribution in [0.2, 0.25) is 0 Å². The quantitative estimate of drug-likeness (QED) is 0.806. The van der Waals surface area contributed by atoms with Gasteiger partial charge in [0.05, 0.1) is 11.4 Å². The molecule has 2 aliphatic rings. The number of thioether (sulfide) groups is 1. The second-order valence-electron chi connectivity index (χ2n) is 5.39. The normalized spacial score (nSPS) is 23.2. The summed E-state index contributed by atoms with van der Waals surface area (Å²) in [7, 11) is 0. The first-order chi connectivity index (χ1) is 11.0. The van der Waals surface area contributed by atoms with Crippen LogP contribution < -0.4 is 20.3 Å². The van der Waals surface area contributed by atoms with Crippen molar-refractivity contribution in [3.63, 3.8) is 0 Å². The van der Waals surface area contributed by atoms with Crippen molar-refractivity contribution in [3.05, 3.63) is 18.2 Å². The second kappa shape index (κ2) is 6.37. The Morgan fingerprint density at radius 2 is 2.17 bits per heavy atom. The summed E-state index contributed by atoms with van der Waals surface area (Å²) in [5, 5.41) is 6.23. The standard InChI is InChI=1S/C15H17N3O3S2/c1-8-13(19)16-11-7-9(3-4-12(11)21-8)18-14(20)10(5-6-23-2)17-15(18)22/h3-4,7-8,10H,5-6H2,1-2H3,(H,16,19)(H,17,22)/t8-,10+/m1/s1. The van der Waals surface area contributed by atoms with Gasteiger partial charge in [-0.15, -0.1) is 0 Å². The molecule has 122 valence electrons. The molecule has 6 nitrogen and oxygen atoms in total. The van der Waals surface area contributed by atoms with Gasteiger partial charge < -0.3 is 15.4 Å². The maximum Gasteiger partial charge on any atom is 0.265 e. The van der Waals surface area contributed by atoms with Crippen molar-refractivity contribution in [2.45, 2.75) is 25.5 Å². The molecule has 0 radical (unpaired) electrons. The van der Waals surface area contributed by atoms with E-state index in [-0.39, 0.29) is 17.9 Å². The van der Waals surface area contributed by atoms with E-state index in [1.165, 1.54) is 4.90 Å². The Labute approximate surface area is 143 Å². The fourth-order valence-electron chi connectivity index (χ4n) is 2.54. The van der Waals surface area contributed by atoms with Gasteiger partial charge in [-0.3, -0.25) is 14.5 Å². The van der Waals surface area contributed by atoms with Crippen LogP contribution in [-0.2, 0) is 9.59 Å². The third-order valence-corrected chi connectivity index (χ3v) is 4.73. The van der Waals surface area contributed by atoms with Gasteiger partial charge in [0, 0.05) is 0 Å². The van der Waals surface area contributed by atoms with Crippen molar-refractivity contribution >= 4 is 52.3 Å². The maximum atomic E-state index is 12.6. The summed E-state index contributed by atoms with van der Waals surface area (Å²) in [5.74, 6) is 1.19. The summed E-state index contributed by atoms with van der Waals surface area (Å²) in [6.07, 6.45) is 2.20. The minimum atomic E-state index is -0.527. The third-order valence-electron chi connectivity index (χ3n) is 3.78. The van der Waals surface area contributed by atoms with Crippen LogP contribution in [0.15, 0.2) is 18.2 Å². The van der Waals surface area contributed by atoms with Crippen molar-refractivity contribution in [2.24, 2.45) is 0 Å². The van der Waals surface area contributed by atoms with Crippen LogP contribution in [0, 0.1) is 0 Å². The zero-order chi connectivity index (χ0) is 16.6. The maximum absolute atomic E-state index is 12.6. The highest BCUT2D eigenvalue weighted by Crippen LogP contribution is 2.34. The Morgan fingerprint density at radius 1 is 1.39 bits per heavy atom. The molecule has 1 fully saturated rings. The molecular weight excluding hydrogens is 334 g/mol. The van der Waals surface area contributed by atoms with Crippen molar-refractivity contribution in [1.29, 1.82) is 0 Å². The highest BCUT2D eigenvalue weighted by molar-refractivity contribution is 7.98. The molecule has 0 aromatic heterocycles. The summed E-state index contributed by atoms with van der Waals surface area (Å²) in [6, 6.07) is 4.93. The van der Waals surface area contributed by atoms with Crippen LogP contribution in [-0.4, -0.2) is 41.1 Å². The number of hydrogen-bond donors (Lipinski definition) is 2. The number of anilines is 2. The minimum Gasteiger partial charge on any atom is -0.479 e. The van der Waals surface area contributed by atoms with E-state index in [0.717, 1.165) is 12.2 Å². The van der Waals surface area contributed by atoms with E-state index in [2.05, 4.69) is 10.6 Å². The van der Waals surface area contributed by atoms with Gasteiger partial charge >= 0.3 is 0 Å². The second-order valence-corrected chi connectivity index (χ2v) is 6.76. The van der Waals surface area contributed by atoms with E-state index >= 15 is 0 Å². The van der Waals surface area contributed by atoms with Gasteiger partial charge in [0.1, 0.15) is 11.8 Å². The number of hydrogen-bond acceptors (Lipinski definition) is 5. The highest BCUT2D eigenvalue weighted by Gasteiger charge is 2.36. The van der Waals surface area contributed by atoms with Gasteiger partial charge in [0.15, 0.2) is 11.2 Å². The monoisotopic (exact) mass is 351 g/mol. The number of nitrogens with one attached hydrogen (secondary N) is 2. The van der Waals surface area contributed by atoms with Crippen LogP contribution in [0.1, 0.15) is 13.3 Å². The number of carbonyl (C=O) groups is 2. The van der Waals surface area contributed by atoms with Gasteiger partial charge in [0.25, 0.3) is 11.8 Å². The summed E-state index contributed by atoms with van der Waals surface area (Å²) in [4.78, 5) is 25.8. The number of ether oxygens (including phenoxy) is 1. The first-order valence-corrected chi connectivity index (χ1v) is 9.06. The molecule has 8 heteroatoms. The molecule has 23 heavy (non-hydrogen) atoms. The van der Waals surface area contributed by atoms with E-state index in [1.54, 1.807) is 36.9 Å². The van der Waals surface area contributed by atoms with E-state index < -0.39 is 6.10 Å². The molecule has 2 amide bonds. The summed E-state index contributed by atoms with van der Waals surface area (Å²) in [6.45, 7) is 1.69. The summed E-state index contributed by atoms with van der Waals surface area (Å²) < 4.78 is 5.52. The van der Waals surface area contributed by atoms with Gasteiger partial charge in [0.2, 0.25) is 0 Å². The number of nitrogens with zero attached hydrogens (tertiary/aromatic N) is 1. The zero-order valence-electron chi connectivity index (χ0n) is 12.8. The molecular formula is C15H17N3O3S2. The molecule has 2 N–H and O–H groups in total. The van der Waals surface area contributed by atoms with Crippen molar-refractivity contribution in [3.8, 4) is 5.75 Å². The van der Waals surface area contributed by atoms with Crippen molar-refractivity contribution in [1.82, 2.24) is 5.32 Å². The highest BCUT2D eigenvalue weighted by atomic mass is 32.2. The zero-order valence-corrected chi connectivity index (χ0v) is 14.4. The van der Waals surface area contributed by atoms with Crippen LogP contribution in [0.3, 0.4) is 0 Å². The number of fused-ring (bicyclic) bond motifs is 1. The average Bonchev–Trinajstić information content (AvgIpc) is 2.80. The lowest BCUT2D eigenvalue weighted by Gasteiger charge is -2.25. The number of rotatable bonds is 4. The molecule has 1 aromatic carbocycles. The topological polar surface area (TPSA) is 70.7 Å². The molecule has 2 atom stereocenters. The Bertz CT molecular complexity index is 680. The molecule has 1 aromatic rings. The number of benzene rings is 1. The summed E-state index contributed by atoms with van der Waals surface area (Å²) in [5.41, 5.74) is 1.17. The smallest absolute Gasteiger partial charge is 0.265 e. The predicted molar refractivity (Wildman–Crippen MR) is 95.2 cm³/mol. The van der Waals surface area contributed by atoms with Crippen LogP contribution in [0.5, 0.6) is 5.75 Å². The number of amides is 2. The first-order valence-electron chi connectivity index (χ1n) is 7.26. The fraction of sp³-hybridized carbons (Fsp3) is 0.400. The Balaban J connectivity index is 1.85. The lowest BCUT2D eigenvalue weighted by atomic mass is 10.2. The first kappa shape index (κ1) is 16.1. The van der Waals surface area contributed by atoms with Gasteiger partial charge in [-0.05, 0) is 55.8 Å². The third kappa shape index (κ3) is 3.00. The van der Waals surface area contributed by atoms with Crippen LogP contribution in [0.25, 0.3) is 0 Å². The van der Waals surface area contributed by atoms with E-state index in [4.69, 9.17) is 17.0 Å². The minimum absolute atomic E-state index is 0.0691. The Kier molecular flexibility index (Phi) is 4.45. The number of carbonyl (C=O) groups excluding carboxylic acids is 2. The molecule has 2 heterocycles. The Morgan fingerprint density at radius 3 is 2.91 bits per heavy atom. The van der Waals surface area contributed by atoms with Crippen molar-refractivity contribution in [2.75, 3.05) is 22.2 Å². The largest absolute Gasteiger partial charge is 0.479 e. The predicted octanol–water partition coefficient (Wildman–Crippen LogP) is 1.75. The SMILES string of the molecule is CSCC[C@@H]1NC(=S)N(c2ccc3c(c2)NC(=O)[C@@H](C)O3)C1=O. The van der Waals surface area contributed by atoms with Crippen molar-refractivity contribution < 1.29 is 14.3 Å². The molecule has 0 saturated carbocycles. The van der Waals surface area contributed by atoms with E-state index in [0.29, 0.717) is 22.2 Å².